The number of hydrogen-bond acceptors (Lipinski definition) is 9. The molecule has 0 saturated carbocycles. The number of carbonyl (C=O) groups excluding carboxylic acids is 4. The number of nitrogens with one attached hydrogen (secondary N) is 2. The fraction of sp³-hybridized carbons (Fsp3) is 0.730. The Morgan fingerprint density at radius 2 is 1.68 bits per heavy atom. The van der Waals surface area contributed by atoms with Gasteiger partial charge in [-0.25, -0.2) is 9.59 Å². The third-order valence-corrected chi connectivity index (χ3v) is 16.0. The van der Waals surface area contributed by atoms with Crippen molar-refractivity contribution in [2.45, 2.75) is 141 Å². The van der Waals surface area contributed by atoms with Crippen molar-refractivity contribution >= 4 is 55.7 Å². The first-order chi connectivity index (χ1) is 23.1. The lowest BCUT2D eigenvalue weighted by Crippen LogP contribution is -2.58. The number of rotatable bonds is 16. The van der Waals surface area contributed by atoms with Crippen LogP contribution >= 0.6 is 23.5 Å². The molecule has 50 heavy (non-hydrogen) atoms. The van der Waals surface area contributed by atoms with Crippen LogP contribution in [0.15, 0.2) is 30.3 Å². The highest BCUT2D eigenvalue weighted by Crippen LogP contribution is 2.41. The summed E-state index contributed by atoms with van der Waals surface area (Å²) in [7, 11) is -1.10. The van der Waals surface area contributed by atoms with Gasteiger partial charge >= 0.3 is 12.1 Å². The summed E-state index contributed by atoms with van der Waals surface area (Å²) in [5.41, 5.74) is 0.263. The molecule has 1 saturated heterocycles. The second-order valence-electron chi connectivity index (χ2n) is 16.1. The number of esters is 1. The molecule has 13 heteroatoms. The summed E-state index contributed by atoms with van der Waals surface area (Å²) < 4.78 is 17.9. The van der Waals surface area contributed by atoms with Crippen molar-refractivity contribution in [1.29, 1.82) is 0 Å². The molecule has 0 aromatic heterocycles. The molecule has 1 heterocycles. The van der Waals surface area contributed by atoms with Crippen LogP contribution in [0.3, 0.4) is 0 Å². The summed E-state index contributed by atoms with van der Waals surface area (Å²) in [6.07, 6.45) is 2.61. The molecule has 1 aliphatic heterocycles. The Morgan fingerprint density at radius 3 is 2.20 bits per heavy atom. The number of thioether (sulfide) groups is 2. The van der Waals surface area contributed by atoms with Gasteiger partial charge in [0.25, 0.3) is 0 Å². The van der Waals surface area contributed by atoms with Gasteiger partial charge in [-0.3, -0.25) is 14.5 Å². The minimum atomic E-state index is -2.43. The van der Waals surface area contributed by atoms with Crippen LogP contribution in [0.1, 0.15) is 87.1 Å². The van der Waals surface area contributed by atoms with Crippen molar-refractivity contribution in [1.82, 2.24) is 15.5 Å². The van der Waals surface area contributed by atoms with Crippen LogP contribution in [0.25, 0.3) is 0 Å². The molecule has 5 atom stereocenters. The first-order valence-electron chi connectivity index (χ1n) is 17.6. The first kappa shape index (κ1) is 43.9. The Hall–Kier alpha value is -2.22. The van der Waals surface area contributed by atoms with Gasteiger partial charge in [0.15, 0.2) is 8.32 Å². The highest BCUT2D eigenvalue weighted by Gasteiger charge is 2.49. The van der Waals surface area contributed by atoms with Crippen molar-refractivity contribution in [3.8, 4) is 0 Å². The SMILES string of the molecule is CC[C@H](NC(=O)[C@@H]1CSC(C)(C)N1C(=O)OC(C)(C)C)[C@H](C[C@@H](Cc1ccccc1)C(=O)N[C@@H](CCSC)C(=O)OC)O[Si](C)(C)C(C)(C)C. The van der Waals surface area contributed by atoms with Gasteiger partial charge in [0.05, 0.1) is 24.1 Å². The number of amides is 3. The molecule has 1 fully saturated rings. The minimum absolute atomic E-state index is 0.141. The minimum Gasteiger partial charge on any atom is -0.467 e. The predicted octanol–water partition coefficient (Wildman–Crippen LogP) is 7.02. The van der Waals surface area contributed by atoms with E-state index >= 15 is 0 Å². The first-order valence-corrected chi connectivity index (χ1v) is 22.9. The van der Waals surface area contributed by atoms with Gasteiger partial charge < -0.3 is 24.5 Å². The molecule has 0 unspecified atom stereocenters. The van der Waals surface area contributed by atoms with Crippen molar-refractivity contribution in [2.75, 3.05) is 24.9 Å². The number of hydrogen-bond donors (Lipinski definition) is 2. The molecule has 0 spiro atoms. The van der Waals surface area contributed by atoms with Crippen LogP contribution in [0.5, 0.6) is 0 Å². The lowest BCUT2D eigenvalue weighted by molar-refractivity contribution is -0.145. The van der Waals surface area contributed by atoms with E-state index in [2.05, 4.69) is 44.5 Å². The average Bonchev–Trinajstić information content (AvgIpc) is 3.34. The summed E-state index contributed by atoms with van der Waals surface area (Å²) in [4.78, 5) is 55.3. The van der Waals surface area contributed by atoms with E-state index in [1.54, 1.807) is 16.7 Å². The molecule has 284 valence electrons. The van der Waals surface area contributed by atoms with Gasteiger partial charge in [-0.15, -0.1) is 11.8 Å². The molecule has 2 rings (SSSR count). The zero-order valence-corrected chi connectivity index (χ0v) is 35.3. The molecule has 0 aliphatic carbocycles. The van der Waals surface area contributed by atoms with Gasteiger partial charge in [0.2, 0.25) is 11.8 Å². The number of ether oxygens (including phenoxy) is 2. The van der Waals surface area contributed by atoms with E-state index in [1.807, 2.05) is 78.1 Å². The van der Waals surface area contributed by atoms with E-state index in [-0.39, 0.29) is 16.9 Å². The monoisotopic (exact) mass is 753 g/mol. The summed E-state index contributed by atoms with van der Waals surface area (Å²) >= 11 is 3.13. The van der Waals surface area contributed by atoms with Crippen molar-refractivity contribution in [2.24, 2.45) is 5.92 Å². The summed E-state index contributed by atoms with van der Waals surface area (Å²) in [5, 5.41) is 6.11. The second kappa shape index (κ2) is 18.5. The lowest BCUT2D eigenvalue weighted by Gasteiger charge is -2.43. The maximum absolute atomic E-state index is 14.2. The molecule has 0 bridgehead atoms. The van der Waals surface area contributed by atoms with Gasteiger partial charge in [-0.05, 0) is 96.0 Å². The fourth-order valence-corrected chi connectivity index (χ4v) is 8.67. The smallest absolute Gasteiger partial charge is 0.412 e. The largest absolute Gasteiger partial charge is 0.467 e. The summed E-state index contributed by atoms with van der Waals surface area (Å²) in [6.45, 7) is 22.1. The van der Waals surface area contributed by atoms with E-state index in [1.165, 1.54) is 18.9 Å². The molecule has 1 aromatic rings. The number of benzene rings is 1. The Bertz CT molecular complexity index is 1280. The Kier molecular flexibility index (Phi) is 16.3. The zero-order valence-electron chi connectivity index (χ0n) is 32.6. The van der Waals surface area contributed by atoms with E-state index in [4.69, 9.17) is 13.9 Å². The number of methoxy groups -OCH3 is 1. The van der Waals surface area contributed by atoms with E-state index in [0.717, 1.165) is 5.56 Å². The normalized spacial score (nSPS) is 18.8. The molecule has 2 N–H and O–H groups in total. The topological polar surface area (TPSA) is 123 Å². The maximum Gasteiger partial charge on any atom is 0.412 e. The van der Waals surface area contributed by atoms with Crippen LogP contribution in [0.2, 0.25) is 18.1 Å². The number of carbonyl (C=O) groups is 4. The van der Waals surface area contributed by atoms with Crippen LogP contribution in [-0.4, -0.2) is 96.7 Å². The highest BCUT2D eigenvalue weighted by molar-refractivity contribution is 8.00. The van der Waals surface area contributed by atoms with Crippen LogP contribution in [0.4, 0.5) is 4.79 Å². The van der Waals surface area contributed by atoms with Crippen molar-refractivity contribution in [3.05, 3.63) is 35.9 Å². The Balaban J connectivity index is 2.52. The van der Waals surface area contributed by atoms with Gasteiger partial charge in [0, 0.05) is 11.7 Å². The van der Waals surface area contributed by atoms with Crippen molar-refractivity contribution in [3.63, 3.8) is 0 Å². The third kappa shape index (κ3) is 12.8. The van der Waals surface area contributed by atoms with Crippen molar-refractivity contribution < 1.29 is 33.1 Å². The van der Waals surface area contributed by atoms with Crippen LogP contribution in [-0.2, 0) is 34.7 Å². The zero-order chi connectivity index (χ0) is 38.1. The molecule has 3 amide bonds. The average molecular weight is 754 g/mol. The molecule has 0 radical (unpaired) electrons. The predicted molar refractivity (Wildman–Crippen MR) is 208 cm³/mol. The molecule has 1 aromatic carbocycles. The van der Waals surface area contributed by atoms with Gasteiger partial charge in [-0.2, -0.15) is 11.8 Å². The standard InChI is InChI=1S/C37H63N3O7S2Si/c1-14-27(38-32(42)29-24-49-37(8,9)40(29)34(44)46-35(2,3)4)30(47-50(12,13)36(5,6)7)23-26(22-25-18-16-15-17-19-25)31(41)39-28(20-21-48-11)33(43)45-10/h15-19,26-30H,14,20-24H2,1-13H3,(H,38,42)(H,39,41)/t26-,27+,28+,29+,30+/m1/s1. The molecular weight excluding hydrogens is 691 g/mol. The summed E-state index contributed by atoms with van der Waals surface area (Å²) in [6, 6.07) is 7.81. The highest BCUT2D eigenvalue weighted by atomic mass is 32.2. The van der Waals surface area contributed by atoms with E-state index in [0.29, 0.717) is 37.2 Å². The van der Waals surface area contributed by atoms with Gasteiger partial charge in [-0.1, -0.05) is 58.0 Å². The third-order valence-electron chi connectivity index (χ3n) is 9.47. The Morgan fingerprint density at radius 1 is 1.06 bits per heavy atom. The quantitative estimate of drug-likeness (QED) is 0.136. The summed E-state index contributed by atoms with van der Waals surface area (Å²) in [5.74, 6) is -0.492. The molecular formula is C37H63N3O7S2Si. The maximum atomic E-state index is 14.2. The van der Waals surface area contributed by atoms with Crippen LogP contribution < -0.4 is 10.6 Å². The lowest BCUT2D eigenvalue weighted by atomic mass is 9.89. The van der Waals surface area contributed by atoms with E-state index in [9.17, 15) is 19.2 Å². The van der Waals surface area contributed by atoms with E-state index < -0.39 is 61.0 Å². The fourth-order valence-electron chi connectivity index (χ4n) is 5.62. The Labute approximate surface area is 310 Å². The number of nitrogens with zero attached hydrogens (tertiary/aromatic N) is 1. The van der Waals surface area contributed by atoms with Crippen LogP contribution in [0, 0.1) is 5.92 Å². The van der Waals surface area contributed by atoms with Gasteiger partial charge in [0.1, 0.15) is 17.7 Å². The second-order valence-corrected chi connectivity index (χ2v) is 23.4. The molecule has 10 nitrogen and oxygen atoms in total. The molecule has 1 aliphatic rings.